The first-order chi connectivity index (χ1) is 13.6. The van der Waals surface area contributed by atoms with Gasteiger partial charge in [0, 0.05) is 24.8 Å². The maximum absolute atomic E-state index is 12.1. The van der Waals surface area contributed by atoms with Gasteiger partial charge in [0.2, 0.25) is 0 Å². The highest BCUT2D eigenvalue weighted by Gasteiger charge is 2.23. The van der Waals surface area contributed by atoms with E-state index in [1.165, 1.54) is 7.11 Å². The highest BCUT2D eigenvalue weighted by Crippen LogP contribution is 2.27. The van der Waals surface area contributed by atoms with Crippen LogP contribution >= 0.6 is 0 Å². The molecule has 0 bridgehead atoms. The summed E-state index contributed by atoms with van der Waals surface area (Å²) in [6, 6.07) is 4.62. The highest BCUT2D eigenvalue weighted by molar-refractivity contribution is 5.71. The molecule has 1 aromatic carbocycles. The van der Waals surface area contributed by atoms with Crippen LogP contribution in [0, 0.1) is 0 Å². The SMILES string of the molecule is COc1ccc(N(CCO)CCO)cc1C[C@@H](CC(=O)O)NC(=O)OC(C)(C)C. The Hall–Kier alpha value is -2.52. The summed E-state index contributed by atoms with van der Waals surface area (Å²) >= 11 is 0. The summed E-state index contributed by atoms with van der Waals surface area (Å²) in [6.45, 7) is 5.68. The van der Waals surface area contributed by atoms with Gasteiger partial charge in [-0.1, -0.05) is 0 Å². The summed E-state index contributed by atoms with van der Waals surface area (Å²) in [7, 11) is 1.51. The Labute approximate surface area is 171 Å². The van der Waals surface area contributed by atoms with E-state index >= 15 is 0 Å². The van der Waals surface area contributed by atoms with Crippen molar-refractivity contribution in [3.05, 3.63) is 23.8 Å². The number of amides is 1. The third-order valence-corrected chi connectivity index (χ3v) is 3.98. The van der Waals surface area contributed by atoms with E-state index in [-0.39, 0.29) is 26.1 Å². The predicted molar refractivity (Wildman–Crippen MR) is 108 cm³/mol. The number of hydrogen-bond donors (Lipinski definition) is 4. The van der Waals surface area contributed by atoms with E-state index < -0.39 is 23.7 Å². The molecule has 0 unspecified atom stereocenters. The number of carbonyl (C=O) groups is 2. The largest absolute Gasteiger partial charge is 0.496 e. The molecule has 0 heterocycles. The lowest BCUT2D eigenvalue weighted by molar-refractivity contribution is -0.137. The molecule has 0 saturated carbocycles. The Morgan fingerprint density at radius 3 is 2.28 bits per heavy atom. The number of aliphatic hydroxyl groups is 2. The molecule has 0 fully saturated rings. The molecular weight excluding hydrogens is 380 g/mol. The zero-order chi connectivity index (χ0) is 22.0. The van der Waals surface area contributed by atoms with Crippen LogP contribution in [-0.2, 0) is 16.0 Å². The second-order valence-corrected chi connectivity index (χ2v) is 7.58. The minimum atomic E-state index is -1.05. The molecule has 0 aliphatic rings. The van der Waals surface area contributed by atoms with Crippen molar-refractivity contribution in [2.45, 2.75) is 45.3 Å². The van der Waals surface area contributed by atoms with Gasteiger partial charge in [0.25, 0.3) is 0 Å². The number of rotatable bonds is 11. The standard InChI is InChI=1S/C20H32N2O7/c1-20(2,3)29-19(27)21-15(13-18(25)26)11-14-12-16(5-6-17(14)28-4)22(7-9-23)8-10-24/h5-6,12,15,23-24H,7-11,13H2,1-4H3,(H,21,27)(H,25,26)/t15-/m0/s1. The second-order valence-electron chi connectivity index (χ2n) is 7.58. The Balaban J connectivity index is 3.10. The topological polar surface area (TPSA) is 129 Å². The molecule has 9 heteroatoms. The number of nitrogens with one attached hydrogen (secondary N) is 1. The summed E-state index contributed by atoms with van der Waals surface area (Å²) in [6.07, 6.45) is -0.779. The van der Waals surface area contributed by atoms with Gasteiger partial charge in [-0.15, -0.1) is 0 Å². The van der Waals surface area contributed by atoms with E-state index in [2.05, 4.69) is 5.32 Å². The molecule has 4 N–H and O–H groups in total. The number of benzene rings is 1. The van der Waals surface area contributed by atoms with E-state index in [0.717, 1.165) is 5.69 Å². The van der Waals surface area contributed by atoms with Gasteiger partial charge in [0.05, 0.1) is 26.7 Å². The Morgan fingerprint density at radius 1 is 1.17 bits per heavy atom. The molecule has 0 aliphatic carbocycles. The predicted octanol–water partition coefficient (Wildman–Crippen LogP) is 1.40. The van der Waals surface area contributed by atoms with Gasteiger partial charge in [0.1, 0.15) is 11.4 Å². The molecule has 0 aromatic heterocycles. The van der Waals surface area contributed by atoms with Crippen molar-refractivity contribution in [1.82, 2.24) is 5.32 Å². The van der Waals surface area contributed by atoms with E-state index in [0.29, 0.717) is 24.4 Å². The van der Waals surface area contributed by atoms with Gasteiger partial charge >= 0.3 is 12.1 Å². The van der Waals surface area contributed by atoms with Crippen LogP contribution in [0.5, 0.6) is 5.75 Å². The van der Waals surface area contributed by atoms with Crippen LogP contribution in [-0.4, -0.2) is 72.4 Å². The second kappa shape index (κ2) is 11.5. The van der Waals surface area contributed by atoms with Gasteiger partial charge < -0.3 is 35.0 Å². The van der Waals surface area contributed by atoms with Gasteiger partial charge in [-0.05, 0) is 51.0 Å². The molecule has 1 amide bonds. The van der Waals surface area contributed by atoms with E-state index in [9.17, 15) is 24.9 Å². The summed E-state index contributed by atoms with van der Waals surface area (Å²) in [4.78, 5) is 25.2. The quantitative estimate of drug-likeness (QED) is 0.429. The number of ether oxygens (including phenoxy) is 2. The van der Waals surface area contributed by atoms with Gasteiger partial charge in [-0.2, -0.15) is 0 Å². The third-order valence-electron chi connectivity index (χ3n) is 3.98. The number of aliphatic carboxylic acids is 1. The van der Waals surface area contributed by atoms with E-state index in [4.69, 9.17) is 9.47 Å². The highest BCUT2D eigenvalue weighted by atomic mass is 16.6. The Morgan fingerprint density at radius 2 is 1.79 bits per heavy atom. The summed E-state index contributed by atoms with van der Waals surface area (Å²) in [5, 5.41) is 30.4. The molecule has 0 radical (unpaired) electrons. The smallest absolute Gasteiger partial charge is 0.407 e. The van der Waals surface area contributed by atoms with Crippen LogP contribution in [0.2, 0.25) is 0 Å². The molecule has 9 nitrogen and oxygen atoms in total. The number of hydrogen-bond acceptors (Lipinski definition) is 7. The molecule has 29 heavy (non-hydrogen) atoms. The molecule has 164 valence electrons. The van der Waals surface area contributed by atoms with Crippen molar-refractivity contribution < 1.29 is 34.4 Å². The molecule has 0 spiro atoms. The van der Waals surface area contributed by atoms with Crippen molar-refractivity contribution in [2.24, 2.45) is 0 Å². The fraction of sp³-hybridized carbons (Fsp3) is 0.600. The number of carboxylic acid groups (broad SMARTS) is 1. The van der Waals surface area contributed by atoms with Crippen molar-refractivity contribution in [2.75, 3.05) is 38.3 Å². The van der Waals surface area contributed by atoms with E-state index in [1.54, 1.807) is 43.9 Å². The first-order valence-corrected chi connectivity index (χ1v) is 9.44. The number of carbonyl (C=O) groups excluding carboxylic acids is 1. The van der Waals surface area contributed by atoms with Gasteiger partial charge in [-0.3, -0.25) is 4.79 Å². The Kier molecular flexibility index (Phi) is 9.70. The van der Waals surface area contributed by atoms with Crippen LogP contribution in [0.1, 0.15) is 32.8 Å². The van der Waals surface area contributed by atoms with Crippen LogP contribution in [0.25, 0.3) is 0 Å². The van der Waals surface area contributed by atoms with Gasteiger partial charge in [0.15, 0.2) is 0 Å². The monoisotopic (exact) mass is 412 g/mol. The number of aliphatic hydroxyl groups excluding tert-OH is 2. The number of alkyl carbamates (subject to hydrolysis) is 1. The fourth-order valence-corrected chi connectivity index (χ4v) is 2.86. The maximum atomic E-state index is 12.1. The first kappa shape index (κ1) is 24.5. The van der Waals surface area contributed by atoms with Crippen molar-refractivity contribution in [3.63, 3.8) is 0 Å². The van der Waals surface area contributed by atoms with Crippen molar-refractivity contribution in [1.29, 1.82) is 0 Å². The number of methoxy groups -OCH3 is 1. The lowest BCUT2D eigenvalue weighted by atomic mass is 10.0. The van der Waals surface area contributed by atoms with Gasteiger partial charge in [-0.25, -0.2) is 4.79 Å². The lowest BCUT2D eigenvalue weighted by Crippen LogP contribution is -2.41. The minimum absolute atomic E-state index is 0.0802. The molecule has 1 atom stereocenters. The zero-order valence-corrected chi connectivity index (χ0v) is 17.5. The molecule has 0 aliphatic heterocycles. The van der Waals surface area contributed by atoms with Crippen LogP contribution < -0.4 is 15.0 Å². The average molecular weight is 412 g/mol. The number of anilines is 1. The minimum Gasteiger partial charge on any atom is -0.496 e. The van der Waals surface area contributed by atoms with E-state index in [1.807, 2.05) is 0 Å². The summed E-state index contributed by atoms with van der Waals surface area (Å²) in [5.74, 6) is -0.508. The van der Waals surface area contributed by atoms with Crippen molar-refractivity contribution in [3.8, 4) is 5.75 Å². The molecule has 1 aromatic rings. The van der Waals surface area contributed by atoms with Crippen LogP contribution in [0.4, 0.5) is 10.5 Å². The normalized spacial score (nSPS) is 12.2. The molecule has 0 saturated heterocycles. The summed E-state index contributed by atoms with van der Waals surface area (Å²) < 4.78 is 10.6. The summed E-state index contributed by atoms with van der Waals surface area (Å²) in [5.41, 5.74) is 0.730. The van der Waals surface area contributed by atoms with Crippen LogP contribution in [0.15, 0.2) is 18.2 Å². The zero-order valence-electron chi connectivity index (χ0n) is 17.5. The van der Waals surface area contributed by atoms with Crippen molar-refractivity contribution >= 4 is 17.7 Å². The number of nitrogens with zero attached hydrogens (tertiary/aromatic N) is 1. The lowest BCUT2D eigenvalue weighted by Gasteiger charge is -2.26. The third kappa shape index (κ3) is 9.01. The average Bonchev–Trinajstić information content (AvgIpc) is 2.59. The fourth-order valence-electron chi connectivity index (χ4n) is 2.86. The first-order valence-electron chi connectivity index (χ1n) is 9.44. The van der Waals surface area contributed by atoms with Crippen LogP contribution in [0.3, 0.4) is 0 Å². The Bertz CT molecular complexity index is 667. The number of carboxylic acids is 1. The maximum Gasteiger partial charge on any atom is 0.407 e. The molecule has 1 rings (SSSR count). The molecular formula is C20H32N2O7.